The van der Waals surface area contributed by atoms with Gasteiger partial charge in [0.15, 0.2) is 0 Å². The smallest absolute Gasteiger partial charge is 0.224 e. The molecule has 0 atom stereocenters. The number of ether oxygens (including phenoxy) is 1. The molecule has 0 aliphatic heterocycles. The molecule has 0 saturated heterocycles. The van der Waals surface area contributed by atoms with Crippen molar-refractivity contribution in [1.82, 2.24) is 0 Å². The van der Waals surface area contributed by atoms with E-state index in [4.69, 9.17) is 4.74 Å². The lowest BCUT2D eigenvalue weighted by molar-refractivity contribution is -0.116. The average Bonchev–Trinajstić information content (AvgIpc) is 3.16. The summed E-state index contributed by atoms with van der Waals surface area (Å²) in [4.78, 5) is 12.3. The molecular weight excluding hydrogens is 341 g/mol. The number of nitrogens with one attached hydrogen (secondary N) is 1. The van der Waals surface area contributed by atoms with Crippen LogP contribution in [0.1, 0.15) is 55.2 Å². The van der Waals surface area contributed by atoms with Gasteiger partial charge in [0.1, 0.15) is 18.2 Å². The van der Waals surface area contributed by atoms with Gasteiger partial charge in [-0.05, 0) is 67.1 Å². The molecule has 1 aliphatic carbocycles. The zero-order chi connectivity index (χ0) is 19.2. The molecule has 0 heterocycles. The van der Waals surface area contributed by atoms with E-state index in [0.29, 0.717) is 13.0 Å². The third-order valence-electron chi connectivity index (χ3n) is 5.34. The summed E-state index contributed by atoms with van der Waals surface area (Å²) >= 11 is 0. The Balaban J connectivity index is 1.56. The van der Waals surface area contributed by atoms with E-state index in [-0.39, 0.29) is 11.7 Å². The van der Waals surface area contributed by atoms with Crippen LogP contribution in [-0.2, 0) is 11.4 Å². The summed E-state index contributed by atoms with van der Waals surface area (Å²) in [5, 5.41) is 3.07. The summed E-state index contributed by atoms with van der Waals surface area (Å²) in [6.45, 7) is 4.33. The molecule has 1 amide bonds. The largest absolute Gasteiger partial charge is 0.489 e. The number of carbonyl (C=O) groups excluding carboxylic acids is 1. The minimum absolute atomic E-state index is 0.0908. The topological polar surface area (TPSA) is 38.3 Å². The quantitative estimate of drug-likeness (QED) is 0.657. The molecule has 2 aromatic rings. The second-order valence-electron chi connectivity index (χ2n) is 7.58. The maximum Gasteiger partial charge on any atom is 0.224 e. The highest BCUT2D eigenvalue weighted by atomic mass is 19.1. The summed E-state index contributed by atoms with van der Waals surface area (Å²) in [5.41, 5.74) is 3.76. The van der Waals surface area contributed by atoms with E-state index in [0.717, 1.165) is 40.5 Å². The molecule has 27 heavy (non-hydrogen) atoms. The molecule has 1 aliphatic rings. The number of rotatable bonds is 7. The average molecular weight is 369 g/mol. The van der Waals surface area contributed by atoms with Crippen molar-refractivity contribution in [2.75, 3.05) is 5.32 Å². The number of halogens is 1. The van der Waals surface area contributed by atoms with Crippen LogP contribution in [0.3, 0.4) is 0 Å². The van der Waals surface area contributed by atoms with Crippen LogP contribution in [0, 0.1) is 25.6 Å². The van der Waals surface area contributed by atoms with Crippen LogP contribution < -0.4 is 10.1 Å². The Bertz CT molecular complexity index is 756. The van der Waals surface area contributed by atoms with Crippen LogP contribution in [-0.4, -0.2) is 5.91 Å². The molecule has 3 nitrogen and oxygen atoms in total. The number of hydrogen-bond acceptors (Lipinski definition) is 2. The lowest BCUT2D eigenvalue weighted by atomic mass is 10.0. The first-order valence-corrected chi connectivity index (χ1v) is 9.79. The summed E-state index contributed by atoms with van der Waals surface area (Å²) in [6, 6.07) is 10.2. The van der Waals surface area contributed by atoms with Crippen LogP contribution in [0.15, 0.2) is 36.4 Å². The van der Waals surface area contributed by atoms with Gasteiger partial charge in [0.05, 0.1) is 0 Å². The van der Waals surface area contributed by atoms with Gasteiger partial charge in [0.2, 0.25) is 5.91 Å². The van der Waals surface area contributed by atoms with Crippen molar-refractivity contribution in [2.24, 2.45) is 5.92 Å². The maximum atomic E-state index is 13.0. The Morgan fingerprint density at radius 3 is 2.37 bits per heavy atom. The molecule has 1 N–H and O–H groups in total. The van der Waals surface area contributed by atoms with Gasteiger partial charge in [-0.25, -0.2) is 4.39 Å². The van der Waals surface area contributed by atoms with E-state index in [1.165, 1.54) is 37.8 Å². The minimum Gasteiger partial charge on any atom is -0.489 e. The summed E-state index contributed by atoms with van der Waals surface area (Å²) in [7, 11) is 0. The molecule has 0 bridgehead atoms. The zero-order valence-electron chi connectivity index (χ0n) is 16.2. The number of aryl methyl sites for hydroxylation is 2. The second-order valence-corrected chi connectivity index (χ2v) is 7.58. The van der Waals surface area contributed by atoms with E-state index in [1.807, 2.05) is 26.0 Å². The van der Waals surface area contributed by atoms with Crippen molar-refractivity contribution in [3.8, 4) is 5.75 Å². The van der Waals surface area contributed by atoms with Crippen LogP contribution in [0.25, 0.3) is 0 Å². The highest BCUT2D eigenvalue weighted by molar-refractivity contribution is 5.92. The summed E-state index contributed by atoms with van der Waals surface area (Å²) in [5.74, 6) is 1.31. The number of benzene rings is 2. The van der Waals surface area contributed by atoms with Crippen LogP contribution in [0.2, 0.25) is 0 Å². The molecule has 2 aromatic carbocycles. The summed E-state index contributed by atoms with van der Waals surface area (Å²) in [6.07, 6.45) is 6.74. The SMILES string of the molecule is Cc1cc(OCc2ccc(F)cc2)cc(C)c1NC(=O)CCC1CCCC1. The Hall–Kier alpha value is -2.36. The molecule has 0 unspecified atom stereocenters. The first kappa shape index (κ1) is 19.4. The minimum atomic E-state index is -0.251. The predicted octanol–water partition coefficient (Wildman–Crippen LogP) is 5.93. The van der Waals surface area contributed by atoms with Gasteiger partial charge in [-0.15, -0.1) is 0 Å². The fourth-order valence-corrected chi connectivity index (χ4v) is 3.79. The third kappa shape index (κ3) is 5.56. The van der Waals surface area contributed by atoms with Crippen molar-refractivity contribution >= 4 is 11.6 Å². The number of anilines is 1. The maximum absolute atomic E-state index is 13.0. The van der Waals surface area contributed by atoms with Crippen molar-refractivity contribution in [3.05, 3.63) is 58.9 Å². The lowest BCUT2D eigenvalue weighted by Crippen LogP contribution is -2.14. The van der Waals surface area contributed by atoms with Crippen molar-refractivity contribution in [2.45, 2.75) is 59.0 Å². The van der Waals surface area contributed by atoms with Gasteiger partial charge in [0, 0.05) is 12.1 Å². The molecule has 0 aromatic heterocycles. The van der Waals surface area contributed by atoms with E-state index in [1.54, 1.807) is 12.1 Å². The van der Waals surface area contributed by atoms with E-state index in [9.17, 15) is 9.18 Å². The van der Waals surface area contributed by atoms with Gasteiger partial charge < -0.3 is 10.1 Å². The second kappa shape index (κ2) is 9.03. The molecular formula is C23H28FNO2. The third-order valence-corrected chi connectivity index (χ3v) is 5.34. The lowest BCUT2D eigenvalue weighted by Gasteiger charge is -2.15. The van der Waals surface area contributed by atoms with E-state index < -0.39 is 0 Å². The molecule has 1 saturated carbocycles. The molecule has 1 fully saturated rings. The van der Waals surface area contributed by atoms with Crippen molar-refractivity contribution in [3.63, 3.8) is 0 Å². The first-order valence-electron chi connectivity index (χ1n) is 9.79. The van der Waals surface area contributed by atoms with Gasteiger partial charge in [-0.3, -0.25) is 4.79 Å². The molecule has 3 rings (SSSR count). The molecule has 4 heteroatoms. The van der Waals surface area contributed by atoms with Crippen molar-refractivity contribution in [1.29, 1.82) is 0 Å². The summed E-state index contributed by atoms with van der Waals surface area (Å²) < 4.78 is 18.8. The fourth-order valence-electron chi connectivity index (χ4n) is 3.79. The normalized spacial score (nSPS) is 14.3. The Morgan fingerprint density at radius 1 is 1.11 bits per heavy atom. The number of hydrogen-bond donors (Lipinski definition) is 1. The monoisotopic (exact) mass is 369 g/mol. The van der Waals surface area contributed by atoms with Gasteiger partial charge >= 0.3 is 0 Å². The zero-order valence-corrected chi connectivity index (χ0v) is 16.2. The Kier molecular flexibility index (Phi) is 6.49. The fraction of sp³-hybridized carbons (Fsp3) is 0.435. The van der Waals surface area contributed by atoms with E-state index in [2.05, 4.69) is 5.32 Å². The van der Waals surface area contributed by atoms with Crippen molar-refractivity contribution < 1.29 is 13.9 Å². The molecule has 144 valence electrons. The highest BCUT2D eigenvalue weighted by Crippen LogP contribution is 2.30. The van der Waals surface area contributed by atoms with Gasteiger partial charge in [-0.2, -0.15) is 0 Å². The highest BCUT2D eigenvalue weighted by Gasteiger charge is 2.17. The van der Waals surface area contributed by atoms with Gasteiger partial charge in [-0.1, -0.05) is 37.8 Å². The number of carbonyl (C=O) groups is 1. The van der Waals surface area contributed by atoms with Gasteiger partial charge in [0.25, 0.3) is 0 Å². The first-order chi connectivity index (χ1) is 13.0. The van der Waals surface area contributed by atoms with E-state index >= 15 is 0 Å². The van der Waals surface area contributed by atoms with Crippen LogP contribution >= 0.6 is 0 Å². The Morgan fingerprint density at radius 2 is 1.74 bits per heavy atom. The standard InChI is InChI=1S/C23H28FNO2/c1-16-13-21(27-15-19-7-10-20(24)11-8-19)14-17(2)23(16)25-22(26)12-9-18-5-3-4-6-18/h7-8,10-11,13-14,18H,3-6,9,12,15H2,1-2H3,(H,25,26). The number of amides is 1. The Labute approximate surface area is 160 Å². The molecule has 0 spiro atoms. The molecule has 0 radical (unpaired) electrons. The van der Waals surface area contributed by atoms with Crippen LogP contribution in [0.4, 0.5) is 10.1 Å². The predicted molar refractivity (Wildman–Crippen MR) is 106 cm³/mol. The van der Waals surface area contributed by atoms with Crippen LogP contribution in [0.5, 0.6) is 5.75 Å².